The van der Waals surface area contributed by atoms with Gasteiger partial charge in [0.1, 0.15) is 0 Å². The highest BCUT2D eigenvalue weighted by molar-refractivity contribution is 6.30. The average molecular weight is 331 g/mol. The average Bonchev–Trinajstić information content (AvgIpc) is 2.89. The quantitative estimate of drug-likeness (QED) is 0.686. The fraction of sp³-hybridized carbons (Fsp3) is 0.188. The number of aromatic nitrogens is 3. The molecular weight excluding hydrogens is 316 g/mol. The molecule has 1 unspecified atom stereocenters. The first-order chi connectivity index (χ1) is 11.0. The molecule has 3 aromatic rings. The summed E-state index contributed by atoms with van der Waals surface area (Å²) in [4.78, 5) is 16.2. The smallest absolute Gasteiger partial charge is 0.227 e. The van der Waals surface area contributed by atoms with Crippen molar-refractivity contribution in [2.75, 3.05) is 5.32 Å². The van der Waals surface area contributed by atoms with E-state index in [-0.39, 0.29) is 12.3 Å². The van der Waals surface area contributed by atoms with E-state index in [4.69, 9.17) is 11.6 Å². The number of anilines is 1. The van der Waals surface area contributed by atoms with E-state index in [1.165, 1.54) is 6.20 Å². The molecule has 1 amide bonds. The number of pyridine rings is 1. The molecule has 3 N–H and O–H groups in total. The second kappa shape index (κ2) is 6.36. The Morgan fingerprint density at radius 3 is 2.87 bits per heavy atom. The lowest BCUT2D eigenvalue weighted by Gasteiger charge is -2.11. The Balaban J connectivity index is 1.68. The number of hydrogen-bond acceptors (Lipinski definition) is 4. The fourth-order valence-corrected chi connectivity index (χ4v) is 2.40. The van der Waals surface area contributed by atoms with Crippen LogP contribution < -0.4 is 5.32 Å². The van der Waals surface area contributed by atoms with Gasteiger partial charge in [-0.1, -0.05) is 23.7 Å². The van der Waals surface area contributed by atoms with Crippen LogP contribution in [-0.4, -0.2) is 26.2 Å². The SMILES string of the molecule is Cc1[nH]nc2ncc(NC(=O)CC(O)c3ccc(Cl)cc3)cc12. The van der Waals surface area contributed by atoms with Crippen LogP contribution in [0.3, 0.4) is 0 Å². The van der Waals surface area contributed by atoms with Gasteiger partial charge in [0, 0.05) is 16.1 Å². The molecular formula is C16H15ClN4O2. The molecule has 0 aliphatic heterocycles. The van der Waals surface area contributed by atoms with E-state index in [1.54, 1.807) is 30.3 Å². The number of rotatable bonds is 4. The lowest BCUT2D eigenvalue weighted by molar-refractivity contribution is -0.118. The molecule has 0 saturated carbocycles. The van der Waals surface area contributed by atoms with Gasteiger partial charge in [-0.2, -0.15) is 5.10 Å². The third-order valence-electron chi connectivity index (χ3n) is 3.52. The maximum absolute atomic E-state index is 12.1. The highest BCUT2D eigenvalue weighted by Gasteiger charge is 2.14. The molecule has 0 radical (unpaired) electrons. The van der Waals surface area contributed by atoms with Gasteiger partial charge in [-0.25, -0.2) is 4.98 Å². The van der Waals surface area contributed by atoms with E-state index in [2.05, 4.69) is 20.5 Å². The summed E-state index contributed by atoms with van der Waals surface area (Å²) < 4.78 is 0. The summed E-state index contributed by atoms with van der Waals surface area (Å²) in [6.45, 7) is 1.88. The zero-order valence-electron chi connectivity index (χ0n) is 12.4. The largest absolute Gasteiger partial charge is 0.388 e. The zero-order valence-corrected chi connectivity index (χ0v) is 13.1. The predicted octanol–water partition coefficient (Wildman–Crippen LogP) is 2.98. The number of hydrogen-bond donors (Lipinski definition) is 3. The van der Waals surface area contributed by atoms with Gasteiger partial charge in [0.25, 0.3) is 0 Å². The van der Waals surface area contributed by atoms with Gasteiger partial charge in [0.15, 0.2) is 5.65 Å². The number of carbonyl (C=O) groups is 1. The van der Waals surface area contributed by atoms with Gasteiger partial charge < -0.3 is 10.4 Å². The van der Waals surface area contributed by atoms with Crippen molar-refractivity contribution in [1.82, 2.24) is 15.2 Å². The number of halogens is 1. The van der Waals surface area contributed by atoms with Crippen LogP contribution in [0, 0.1) is 6.92 Å². The molecule has 1 atom stereocenters. The van der Waals surface area contributed by atoms with Crippen LogP contribution in [0.2, 0.25) is 5.02 Å². The standard InChI is InChI=1S/C16H15ClN4O2/c1-9-13-6-12(8-18-16(13)21-20-9)19-15(23)7-14(22)10-2-4-11(17)5-3-10/h2-6,8,14,22H,7H2,1H3,(H,19,23)(H,18,20,21). The third-order valence-corrected chi connectivity index (χ3v) is 3.77. The van der Waals surface area contributed by atoms with E-state index in [0.29, 0.717) is 21.9 Å². The molecule has 7 heteroatoms. The number of fused-ring (bicyclic) bond motifs is 1. The third kappa shape index (κ3) is 3.49. The van der Waals surface area contributed by atoms with Gasteiger partial charge in [0.2, 0.25) is 5.91 Å². The Hall–Kier alpha value is -2.44. The number of aromatic amines is 1. The number of benzene rings is 1. The lowest BCUT2D eigenvalue weighted by Crippen LogP contribution is -2.15. The lowest BCUT2D eigenvalue weighted by atomic mass is 10.1. The Kier molecular flexibility index (Phi) is 4.27. The minimum atomic E-state index is -0.889. The van der Waals surface area contributed by atoms with E-state index >= 15 is 0 Å². The van der Waals surface area contributed by atoms with Crippen LogP contribution in [-0.2, 0) is 4.79 Å². The Labute approximate surface area is 137 Å². The molecule has 0 saturated heterocycles. The monoisotopic (exact) mass is 330 g/mol. The first-order valence-electron chi connectivity index (χ1n) is 7.07. The highest BCUT2D eigenvalue weighted by Crippen LogP contribution is 2.21. The summed E-state index contributed by atoms with van der Waals surface area (Å²) in [5.41, 5.74) is 2.69. The molecule has 6 nitrogen and oxygen atoms in total. The van der Waals surface area contributed by atoms with Crippen molar-refractivity contribution < 1.29 is 9.90 Å². The van der Waals surface area contributed by atoms with E-state index < -0.39 is 6.10 Å². The molecule has 0 spiro atoms. The molecule has 118 valence electrons. The van der Waals surface area contributed by atoms with Gasteiger partial charge in [0.05, 0.1) is 24.4 Å². The van der Waals surface area contributed by atoms with Gasteiger partial charge in [-0.15, -0.1) is 0 Å². The minimum absolute atomic E-state index is 0.0515. The Morgan fingerprint density at radius 1 is 1.39 bits per heavy atom. The van der Waals surface area contributed by atoms with Crippen LogP contribution in [0.5, 0.6) is 0 Å². The van der Waals surface area contributed by atoms with Crippen LogP contribution in [0.1, 0.15) is 23.8 Å². The first-order valence-corrected chi connectivity index (χ1v) is 7.45. The van der Waals surface area contributed by atoms with Crippen molar-refractivity contribution in [3.05, 3.63) is 52.8 Å². The number of carbonyl (C=O) groups excluding carboxylic acids is 1. The summed E-state index contributed by atoms with van der Waals surface area (Å²) in [5, 5.41) is 21.1. The van der Waals surface area contributed by atoms with Crippen molar-refractivity contribution in [2.45, 2.75) is 19.4 Å². The Morgan fingerprint density at radius 2 is 2.13 bits per heavy atom. The van der Waals surface area contributed by atoms with E-state index in [9.17, 15) is 9.90 Å². The van der Waals surface area contributed by atoms with Crippen LogP contribution in [0.4, 0.5) is 5.69 Å². The van der Waals surface area contributed by atoms with Crippen molar-refractivity contribution in [2.24, 2.45) is 0 Å². The van der Waals surface area contributed by atoms with E-state index in [1.807, 2.05) is 6.92 Å². The molecule has 0 fully saturated rings. The zero-order chi connectivity index (χ0) is 16.4. The highest BCUT2D eigenvalue weighted by atomic mass is 35.5. The number of aliphatic hydroxyl groups is 1. The molecule has 3 rings (SSSR count). The van der Waals surface area contributed by atoms with Gasteiger partial charge >= 0.3 is 0 Å². The maximum Gasteiger partial charge on any atom is 0.227 e. The normalized spacial score (nSPS) is 12.3. The predicted molar refractivity (Wildman–Crippen MR) is 88.3 cm³/mol. The minimum Gasteiger partial charge on any atom is -0.388 e. The number of nitrogens with zero attached hydrogens (tertiary/aromatic N) is 2. The summed E-state index contributed by atoms with van der Waals surface area (Å²) in [7, 11) is 0. The van der Waals surface area contributed by atoms with Crippen molar-refractivity contribution in [3.8, 4) is 0 Å². The molecule has 0 aliphatic rings. The second-order valence-electron chi connectivity index (χ2n) is 5.26. The number of aryl methyl sites for hydroxylation is 1. The number of amides is 1. The maximum atomic E-state index is 12.1. The molecule has 2 heterocycles. The fourth-order valence-electron chi connectivity index (χ4n) is 2.28. The molecule has 0 bridgehead atoms. The van der Waals surface area contributed by atoms with Crippen molar-refractivity contribution >= 4 is 34.2 Å². The molecule has 0 aliphatic carbocycles. The first kappa shape index (κ1) is 15.5. The van der Waals surface area contributed by atoms with Crippen molar-refractivity contribution in [1.29, 1.82) is 0 Å². The summed E-state index contributed by atoms with van der Waals surface area (Å²) in [6.07, 6.45) is 0.596. The van der Waals surface area contributed by atoms with Gasteiger partial charge in [-0.3, -0.25) is 9.89 Å². The number of H-pyrrole nitrogens is 1. The van der Waals surface area contributed by atoms with Crippen molar-refractivity contribution in [3.63, 3.8) is 0 Å². The van der Waals surface area contributed by atoms with E-state index in [0.717, 1.165) is 11.1 Å². The summed E-state index contributed by atoms with van der Waals surface area (Å²) in [5.74, 6) is -0.297. The summed E-state index contributed by atoms with van der Waals surface area (Å²) >= 11 is 5.80. The molecule has 1 aromatic carbocycles. The topological polar surface area (TPSA) is 90.9 Å². The number of aliphatic hydroxyl groups excluding tert-OH is 1. The molecule has 23 heavy (non-hydrogen) atoms. The van der Waals surface area contributed by atoms with Gasteiger partial charge in [-0.05, 0) is 30.7 Å². The van der Waals surface area contributed by atoms with Crippen LogP contribution in [0.15, 0.2) is 36.5 Å². The summed E-state index contributed by atoms with van der Waals surface area (Å²) in [6, 6.07) is 8.55. The van der Waals surface area contributed by atoms with Crippen LogP contribution in [0.25, 0.3) is 11.0 Å². The second-order valence-corrected chi connectivity index (χ2v) is 5.70. The number of nitrogens with one attached hydrogen (secondary N) is 2. The molecule has 2 aromatic heterocycles. The van der Waals surface area contributed by atoms with Crippen LogP contribution >= 0.6 is 11.6 Å². The Bertz CT molecular complexity index is 845.